The van der Waals surface area contributed by atoms with Crippen molar-refractivity contribution >= 4 is 34.3 Å². The van der Waals surface area contributed by atoms with E-state index in [0.717, 1.165) is 0 Å². The number of hydrogen-bond donors (Lipinski definition) is 1. The van der Waals surface area contributed by atoms with E-state index >= 15 is 0 Å². The van der Waals surface area contributed by atoms with E-state index in [-0.39, 0.29) is 15.5 Å². The molecule has 0 spiro atoms. The molecule has 70 valence electrons. The number of alkyl halides is 1. The Morgan fingerprint density at radius 2 is 2.23 bits per heavy atom. The lowest BCUT2D eigenvalue weighted by Gasteiger charge is -2.03. The highest BCUT2D eigenvalue weighted by molar-refractivity contribution is 9.10. The summed E-state index contributed by atoms with van der Waals surface area (Å²) in [6.45, 7) is 1.70. The highest BCUT2D eigenvalue weighted by Gasteiger charge is 2.12. The highest BCUT2D eigenvalue weighted by atomic mass is 79.9. The number of Topliss-reactive ketones (excluding diaryl/α,β-unsaturated/α-hetero) is 1. The van der Waals surface area contributed by atoms with E-state index in [1.54, 1.807) is 13.0 Å². The van der Waals surface area contributed by atoms with Crippen LogP contribution in [0.15, 0.2) is 23.1 Å². The molecule has 0 fully saturated rings. The Labute approximate surface area is 89.9 Å². The summed E-state index contributed by atoms with van der Waals surface area (Å²) < 4.78 is 13.0. The predicted octanol–water partition coefficient (Wildman–Crippen LogP) is 3.08. The van der Waals surface area contributed by atoms with Gasteiger partial charge in [0.05, 0.1) is 4.83 Å². The Morgan fingerprint density at radius 1 is 1.62 bits per heavy atom. The van der Waals surface area contributed by atoms with Crippen molar-refractivity contribution in [1.29, 1.82) is 0 Å². The van der Waals surface area contributed by atoms with Crippen molar-refractivity contribution in [3.63, 3.8) is 0 Å². The fourth-order valence-electron chi connectivity index (χ4n) is 0.890. The van der Waals surface area contributed by atoms with Crippen LogP contribution in [0.2, 0.25) is 0 Å². The quantitative estimate of drug-likeness (QED) is 0.493. The summed E-state index contributed by atoms with van der Waals surface area (Å²) in [7, 11) is 0. The minimum atomic E-state index is -0.470. The van der Waals surface area contributed by atoms with E-state index in [1.807, 2.05) is 0 Å². The molecule has 13 heavy (non-hydrogen) atoms. The second kappa shape index (κ2) is 4.24. The molecular formula is C9H8BrFOS. The van der Waals surface area contributed by atoms with Crippen LogP contribution in [0.5, 0.6) is 0 Å². The molecule has 0 saturated heterocycles. The smallest absolute Gasteiger partial charge is 0.176 e. The van der Waals surface area contributed by atoms with Crippen molar-refractivity contribution in [3.8, 4) is 0 Å². The minimum absolute atomic E-state index is 0.132. The number of thiol groups is 1. The van der Waals surface area contributed by atoms with Crippen molar-refractivity contribution in [3.05, 3.63) is 29.6 Å². The van der Waals surface area contributed by atoms with Crippen LogP contribution in [-0.2, 0) is 0 Å². The van der Waals surface area contributed by atoms with Crippen molar-refractivity contribution in [2.24, 2.45) is 0 Å². The van der Waals surface area contributed by atoms with Crippen LogP contribution in [0, 0.1) is 5.82 Å². The third-order valence-corrected chi connectivity index (χ3v) is 2.37. The van der Waals surface area contributed by atoms with Crippen LogP contribution in [0.25, 0.3) is 0 Å². The summed E-state index contributed by atoms with van der Waals surface area (Å²) in [6, 6.07) is 4.23. The first kappa shape index (κ1) is 10.7. The van der Waals surface area contributed by atoms with E-state index < -0.39 is 5.82 Å². The van der Waals surface area contributed by atoms with Gasteiger partial charge in [0.25, 0.3) is 0 Å². The Balaban J connectivity index is 3.04. The van der Waals surface area contributed by atoms with Crippen LogP contribution < -0.4 is 0 Å². The van der Waals surface area contributed by atoms with E-state index in [1.165, 1.54) is 12.1 Å². The molecule has 0 aliphatic rings. The van der Waals surface area contributed by atoms with E-state index in [2.05, 4.69) is 28.6 Å². The van der Waals surface area contributed by atoms with E-state index in [9.17, 15) is 9.18 Å². The Kier molecular flexibility index (Phi) is 3.50. The summed E-state index contributed by atoms with van der Waals surface area (Å²) in [5.41, 5.74) is 0.361. The van der Waals surface area contributed by atoms with Crippen molar-refractivity contribution < 1.29 is 9.18 Å². The molecule has 0 amide bonds. The van der Waals surface area contributed by atoms with Crippen LogP contribution in [0.4, 0.5) is 4.39 Å². The Hall–Kier alpha value is -0.350. The highest BCUT2D eigenvalue weighted by Crippen LogP contribution is 2.16. The van der Waals surface area contributed by atoms with Crippen molar-refractivity contribution in [1.82, 2.24) is 0 Å². The zero-order valence-corrected chi connectivity index (χ0v) is 9.40. The maximum absolute atomic E-state index is 13.0. The Bertz CT molecular complexity index is 338. The fraction of sp³-hybridized carbons (Fsp3) is 0.222. The number of benzene rings is 1. The topological polar surface area (TPSA) is 17.1 Å². The van der Waals surface area contributed by atoms with Crippen molar-refractivity contribution in [2.45, 2.75) is 16.6 Å². The first-order valence-corrected chi connectivity index (χ1v) is 5.05. The standard InChI is InChI=1S/C9H8BrFOS/c1-5(10)9(12)6-2-3-8(13)7(11)4-6/h2-5,13H,1H3. The maximum atomic E-state index is 13.0. The molecule has 0 radical (unpaired) electrons. The summed E-state index contributed by atoms with van der Waals surface area (Å²) in [4.78, 5) is 11.3. The summed E-state index contributed by atoms with van der Waals surface area (Å²) in [5, 5.41) is 0. The van der Waals surface area contributed by atoms with Gasteiger partial charge in [0.2, 0.25) is 0 Å². The van der Waals surface area contributed by atoms with Crippen LogP contribution in [0.1, 0.15) is 17.3 Å². The second-order valence-corrected chi connectivity index (χ2v) is 4.50. The van der Waals surface area contributed by atoms with Gasteiger partial charge < -0.3 is 0 Å². The lowest BCUT2D eigenvalue weighted by Crippen LogP contribution is -2.10. The van der Waals surface area contributed by atoms with Gasteiger partial charge in [-0.15, -0.1) is 12.6 Å². The van der Waals surface area contributed by atoms with Gasteiger partial charge >= 0.3 is 0 Å². The SMILES string of the molecule is CC(Br)C(=O)c1ccc(S)c(F)c1. The number of rotatable bonds is 2. The second-order valence-electron chi connectivity index (χ2n) is 2.65. The number of carbonyl (C=O) groups excluding carboxylic acids is 1. The molecule has 0 N–H and O–H groups in total. The van der Waals surface area contributed by atoms with Gasteiger partial charge in [0.15, 0.2) is 5.78 Å². The largest absolute Gasteiger partial charge is 0.293 e. The first-order valence-electron chi connectivity index (χ1n) is 3.69. The zero-order chi connectivity index (χ0) is 10.0. The van der Waals surface area contributed by atoms with Gasteiger partial charge in [-0.25, -0.2) is 4.39 Å². The fourth-order valence-corrected chi connectivity index (χ4v) is 1.29. The molecule has 0 aliphatic heterocycles. The molecule has 1 nitrogen and oxygen atoms in total. The van der Waals surface area contributed by atoms with Crippen LogP contribution in [-0.4, -0.2) is 10.6 Å². The maximum Gasteiger partial charge on any atom is 0.176 e. The molecule has 1 rings (SSSR count). The third-order valence-electron chi connectivity index (χ3n) is 1.59. The van der Waals surface area contributed by atoms with Gasteiger partial charge in [0, 0.05) is 10.5 Å². The summed E-state index contributed by atoms with van der Waals surface area (Å²) in [5.74, 6) is -0.602. The third kappa shape index (κ3) is 2.54. The summed E-state index contributed by atoms with van der Waals surface area (Å²) in [6.07, 6.45) is 0. The number of ketones is 1. The van der Waals surface area contributed by atoms with E-state index in [0.29, 0.717) is 5.56 Å². The van der Waals surface area contributed by atoms with Gasteiger partial charge in [-0.3, -0.25) is 4.79 Å². The van der Waals surface area contributed by atoms with E-state index in [4.69, 9.17) is 0 Å². The van der Waals surface area contributed by atoms with Gasteiger partial charge in [-0.1, -0.05) is 22.0 Å². The van der Waals surface area contributed by atoms with Crippen molar-refractivity contribution in [2.75, 3.05) is 0 Å². The molecule has 0 aromatic heterocycles. The predicted molar refractivity (Wildman–Crippen MR) is 56.4 cm³/mol. The number of hydrogen-bond acceptors (Lipinski definition) is 2. The molecule has 1 aromatic carbocycles. The first-order chi connectivity index (χ1) is 6.02. The Morgan fingerprint density at radius 3 is 2.69 bits per heavy atom. The molecule has 0 heterocycles. The summed E-state index contributed by atoms with van der Waals surface area (Å²) >= 11 is 7.00. The molecule has 1 aromatic rings. The number of carbonyl (C=O) groups is 1. The van der Waals surface area contributed by atoms with Crippen LogP contribution in [0.3, 0.4) is 0 Å². The molecule has 4 heteroatoms. The monoisotopic (exact) mass is 262 g/mol. The number of halogens is 2. The van der Waals surface area contributed by atoms with Crippen LogP contribution >= 0.6 is 28.6 Å². The average molecular weight is 263 g/mol. The van der Waals surface area contributed by atoms with Gasteiger partial charge in [-0.05, 0) is 19.1 Å². The molecule has 0 saturated carbocycles. The normalized spacial score (nSPS) is 12.6. The minimum Gasteiger partial charge on any atom is -0.293 e. The lowest BCUT2D eigenvalue weighted by molar-refractivity contribution is 0.0995. The molecule has 1 unspecified atom stereocenters. The zero-order valence-electron chi connectivity index (χ0n) is 6.92. The lowest BCUT2D eigenvalue weighted by atomic mass is 10.1. The molecular weight excluding hydrogens is 255 g/mol. The van der Waals surface area contributed by atoms with Gasteiger partial charge in [-0.2, -0.15) is 0 Å². The molecule has 0 aliphatic carbocycles. The molecule has 0 bridgehead atoms. The molecule has 1 atom stereocenters. The average Bonchev–Trinajstić information content (AvgIpc) is 2.08. The van der Waals surface area contributed by atoms with Gasteiger partial charge in [0.1, 0.15) is 5.82 Å².